The Kier molecular flexibility index (Phi) is 7.72. The maximum absolute atomic E-state index is 12.1. The van der Waals surface area contributed by atoms with E-state index in [1.54, 1.807) is 7.11 Å². The van der Waals surface area contributed by atoms with E-state index < -0.39 is 0 Å². The van der Waals surface area contributed by atoms with Gasteiger partial charge in [-0.2, -0.15) is 0 Å². The predicted molar refractivity (Wildman–Crippen MR) is 87.5 cm³/mol. The molecule has 0 atom stereocenters. The van der Waals surface area contributed by atoms with Gasteiger partial charge in [0.15, 0.2) is 0 Å². The van der Waals surface area contributed by atoms with Gasteiger partial charge in [-0.05, 0) is 56.5 Å². The molecule has 0 aromatic heterocycles. The van der Waals surface area contributed by atoms with Crippen LogP contribution in [0.15, 0.2) is 18.2 Å². The minimum absolute atomic E-state index is 0. The fourth-order valence-electron chi connectivity index (χ4n) is 2.70. The number of nitrogens with one attached hydrogen (secondary N) is 2. The minimum atomic E-state index is -0.0130. The number of halogens is 1. The zero-order valence-electron chi connectivity index (χ0n) is 12.8. The summed E-state index contributed by atoms with van der Waals surface area (Å²) in [5, 5.41) is 6.26. The molecule has 0 radical (unpaired) electrons. The van der Waals surface area contributed by atoms with Gasteiger partial charge in [-0.25, -0.2) is 0 Å². The molecule has 1 amide bonds. The SMILES string of the molecule is COCCNC(=O)c1cc(C)cc(C2CCNCC2)c1.Cl. The summed E-state index contributed by atoms with van der Waals surface area (Å²) in [6.45, 7) is 5.27. The molecule has 5 heteroatoms. The van der Waals surface area contributed by atoms with Gasteiger partial charge in [0.05, 0.1) is 6.61 Å². The number of carbonyl (C=O) groups excluding carboxylic acids is 1. The van der Waals surface area contributed by atoms with E-state index in [1.165, 1.54) is 5.56 Å². The van der Waals surface area contributed by atoms with Crippen LogP contribution in [-0.2, 0) is 4.74 Å². The standard InChI is InChI=1S/C16H24N2O2.ClH/c1-12-9-14(13-3-5-17-6-4-13)11-15(10-12)16(19)18-7-8-20-2;/h9-11,13,17H,3-8H2,1-2H3,(H,18,19);1H. The molecule has 0 unspecified atom stereocenters. The molecular formula is C16H25ClN2O2. The maximum atomic E-state index is 12.1. The van der Waals surface area contributed by atoms with Crippen LogP contribution in [0.25, 0.3) is 0 Å². The Labute approximate surface area is 133 Å². The number of hydrogen-bond donors (Lipinski definition) is 2. The van der Waals surface area contributed by atoms with Crippen LogP contribution in [0.5, 0.6) is 0 Å². The second kappa shape index (κ2) is 9.03. The first-order valence-corrected chi connectivity index (χ1v) is 7.30. The molecule has 1 aromatic carbocycles. The van der Waals surface area contributed by atoms with Crippen molar-refractivity contribution in [2.75, 3.05) is 33.4 Å². The first-order chi connectivity index (χ1) is 9.70. The fourth-order valence-corrected chi connectivity index (χ4v) is 2.70. The number of rotatable bonds is 5. The topological polar surface area (TPSA) is 50.4 Å². The molecule has 0 spiro atoms. The van der Waals surface area contributed by atoms with Crippen LogP contribution in [0.1, 0.15) is 40.2 Å². The molecule has 4 nitrogen and oxygen atoms in total. The number of ether oxygens (including phenoxy) is 1. The summed E-state index contributed by atoms with van der Waals surface area (Å²) >= 11 is 0. The predicted octanol–water partition coefficient (Wildman–Crippen LogP) is 2.26. The Morgan fingerprint density at radius 1 is 1.33 bits per heavy atom. The highest BCUT2D eigenvalue weighted by Gasteiger charge is 2.17. The maximum Gasteiger partial charge on any atom is 0.251 e. The van der Waals surface area contributed by atoms with E-state index >= 15 is 0 Å². The van der Waals surface area contributed by atoms with Crippen molar-refractivity contribution in [3.8, 4) is 0 Å². The van der Waals surface area contributed by atoms with Crippen LogP contribution in [0, 0.1) is 6.92 Å². The molecule has 0 saturated carbocycles. The van der Waals surface area contributed by atoms with Gasteiger partial charge < -0.3 is 15.4 Å². The Bertz CT molecular complexity index is 460. The van der Waals surface area contributed by atoms with Gasteiger partial charge in [0.2, 0.25) is 0 Å². The van der Waals surface area contributed by atoms with Crippen molar-refractivity contribution in [1.29, 1.82) is 0 Å². The van der Waals surface area contributed by atoms with Gasteiger partial charge in [-0.3, -0.25) is 4.79 Å². The van der Waals surface area contributed by atoms with E-state index in [0.717, 1.165) is 37.1 Å². The quantitative estimate of drug-likeness (QED) is 0.820. The highest BCUT2D eigenvalue weighted by atomic mass is 35.5. The number of carbonyl (C=O) groups is 1. The van der Waals surface area contributed by atoms with Crippen molar-refractivity contribution >= 4 is 18.3 Å². The third kappa shape index (κ3) is 5.30. The number of piperidine rings is 1. The third-order valence-corrected chi connectivity index (χ3v) is 3.76. The van der Waals surface area contributed by atoms with E-state index in [4.69, 9.17) is 4.74 Å². The molecule has 1 aliphatic rings. The van der Waals surface area contributed by atoms with Gasteiger partial charge in [0.1, 0.15) is 0 Å². The second-order valence-corrected chi connectivity index (χ2v) is 5.41. The average molecular weight is 313 g/mol. The Hall–Kier alpha value is -1.10. The van der Waals surface area contributed by atoms with E-state index in [1.807, 2.05) is 12.1 Å². The number of benzene rings is 1. The van der Waals surface area contributed by atoms with Crippen molar-refractivity contribution in [2.24, 2.45) is 0 Å². The molecule has 2 N–H and O–H groups in total. The van der Waals surface area contributed by atoms with E-state index in [0.29, 0.717) is 19.1 Å². The van der Waals surface area contributed by atoms with Crippen molar-refractivity contribution in [3.63, 3.8) is 0 Å². The third-order valence-electron chi connectivity index (χ3n) is 3.76. The molecular weight excluding hydrogens is 288 g/mol. The average Bonchev–Trinajstić information content (AvgIpc) is 2.47. The van der Waals surface area contributed by atoms with Crippen LogP contribution in [0.3, 0.4) is 0 Å². The smallest absolute Gasteiger partial charge is 0.251 e. The minimum Gasteiger partial charge on any atom is -0.383 e. The number of amides is 1. The molecule has 1 saturated heterocycles. The molecule has 0 bridgehead atoms. The highest BCUT2D eigenvalue weighted by Crippen LogP contribution is 2.26. The zero-order valence-corrected chi connectivity index (χ0v) is 13.6. The highest BCUT2D eigenvalue weighted by molar-refractivity contribution is 5.94. The molecule has 21 heavy (non-hydrogen) atoms. The lowest BCUT2D eigenvalue weighted by atomic mass is 9.88. The summed E-state index contributed by atoms with van der Waals surface area (Å²) in [5.41, 5.74) is 3.20. The van der Waals surface area contributed by atoms with Crippen LogP contribution in [-0.4, -0.2) is 39.3 Å². The Balaban J connectivity index is 0.00000220. The van der Waals surface area contributed by atoms with Gasteiger partial charge in [-0.15, -0.1) is 12.4 Å². The van der Waals surface area contributed by atoms with Crippen LogP contribution in [0.2, 0.25) is 0 Å². The van der Waals surface area contributed by atoms with Crippen LogP contribution < -0.4 is 10.6 Å². The van der Waals surface area contributed by atoms with Gasteiger partial charge in [0, 0.05) is 19.2 Å². The van der Waals surface area contributed by atoms with E-state index in [-0.39, 0.29) is 18.3 Å². The lowest BCUT2D eigenvalue weighted by molar-refractivity contribution is 0.0937. The summed E-state index contributed by atoms with van der Waals surface area (Å²) in [6.07, 6.45) is 2.29. The molecule has 0 aliphatic carbocycles. The largest absolute Gasteiger partial charge is 0.383 e. The van der Waals surface area contributed by atoms with Crippen LogP contribution in [0.4, 0.5) is 0 Å². The molecule has 2 rings (SSSR count). The van der Waals surface area contributed by atoms with E-state index in [9.17, 15) is 4.79 Å². The number of methoxy groups -OCH3 is 1. The first-order valence-electron chi connectivity index (χ1n) is 7.30. The molecule has 1 fully saturated rings. The lowest BCUT2D eigenvalue weighted by Crippen LogP contribution is -2.28. The summed E-state index contributed by atoms with van der Waals surface area (Å²) in [5.74, 6) is 0.558. The summed E-state index contributed by atoms with van der Waals surface area (Å²) in [4.78, 5) is 12.1. The van der Waals surface area contributed by atoms with Crippen molar-refractivity contribution in [3.05, 3.63) is 34.9 Å². The van der Waals surface area contributed by atoms with Gasteiger partial charge >= 0.3 is 0 Å². The Morgan fingerprint density at radius 2 is 2.05 bits per heavy atom. The summed E-state index contributed by atoms with van der Waals surface area (Å²) in [7, 11) is 1.63. The molecule has 118 valence electrons. The molecule has 1 aliphatic heterocycles. The number of aryl methyl sites for hydroxylation is 1. The Morgan fingerprint density at radius 3 is 2.71 bits per heavy atom. The molecule has 1 aromatic rings. The monoisotopic (exact) mass is 312 g/mol. The molecule has 1 heterocycles. The fraction of sp³-hybridized carbons (Fsp3) is 0.562. The second-order valence-electron chi connectivity index (χ2n) is 5.41. The lowest BCUT2D eigenvalue weighted by Gasteiger charge is -2.23. The first kappa shape index (κ1) is 18.0. The van der Waals surface area contributed by atoms with Crippen LogP contribution >= 0.6 is 12.4 Å². The summed E-state index contributed by atoms with van der Waals surface area (Å²) < 4.78 is 4.95. The normalized spacial score (nSPS) is 15.3. The zero-order chi connectivity index (χ0) is 14.4. The van der Waals surface area contributed by atoms with E-state index in [2.05, 4.69) is 23.6 Å². The van der Waals surface area contributed by atoms with Crippen molar-refractivity contribution in [2.45, 2.75) is 25.7 Å². The van der Waals surface area contributed by atoms with Gasteiger partial charge in [-0.1, -0.05) is 11.6 Å². The number of hydrogen-bond acceptors (Lipinski definition) is 3. The van der Waals surface area contributed by atoms with Crippen molar-refractivity contribution in [1.82, 2.24) is 10.6 Å². The summed E-state index contributed by atoms with van der Waals surface area (Å²) in [6, 6.07) is 6.21. The van der Waals surface area contributed by atoms with Gasteiger partial charge in [0.25, 0.3) is 5.91 Å². The van der Waals surface area contributed by atoms with Crippen molar-refractivity contribution < 1.29 is 9.53 Å².